The summed E-state index contributed by atoms with van der Waals surface area (Å²) in [4.78, 5) is 28.9. The molecular weight excluding hydrogens is 340 g/mol. The Hall–Kier alpha value is -3.98. The van der Waals surface area contributed by atoms with E-state index in [9.17, 15) is 9.59 Å². The fourth-order valence-electron chi connectivity index (χ4n) is 2.48. The number of rotatable bonds is 4. The van der Waals surface area contributed by atoms with Gasteiger partial charge in [-0.25, -0.2) is 0 Å². The number of anilines is 2. The van der Waals surface area contributed by atoms with Crippen molar-refractivity contribution >= 4 is 23.2 Å². The van der Waals surface area contributed by atoms with Crippen LogP contribution in [0.3, 0.4) is 0 Å². The van der Waals surface area contributed by atoms with Crippen molar-refractivity contribution in [1.82, 2.24) is 4.98 Å². The zero-order valence-electron chi connectivity index (χ0n) is 14.6. The quantitative estimate of drug-likeness (QED) is 0.744. The SMILES string of the molecule is Cc1cccc(NC(=O)c2ccnc(C(=O)Nc3cccc(C#N)c3)c2)c1. The van der Waals surface area contributed by atoms with Gasteiger partial charge in [-0.2, -0.15) is 5.26 Å². The Morgan fingerprint density at radius 3 is 2.37 bits per heavy atom. The Labute approximate surface area is 156 Å². The number of benzene rings is 2. The average molecular weight is 356 g/mol. The van der Waals surface area contributed by atoms with E-state index in [4.69, 9.17) is 5.26 Å². The summed E-state index contributed by atoms with van der Waals surface area (Å²) in [7, 11) is 0. The number of carbonyl (C=O) groups excluding carboxylic acids is 2. The number of nitrogens with one attached hydrogen (secondary N) is 2. The van der Waals surface area contributed by atoms with Crippen LogP contribution >= 0.6 is 0 Å². The lowest BCUT2D eigenvalue weighted by molar-refractivity contribution is 0.102. The van der Waals surface area contributed by atoms with Crippen molar-refractivity contribution in [1.29, 1.82) is 5.26 Å². The molecule has 0 unspecified atom stereocenters. The van der Waals surface area contributed by atoms with Crippen molar-refractivity contribution in [3.8, 4) is 6.07 Å². The number of pyridine rings is 1. The normalized spacial score (nSPS) is 9.93. The Kier molecular flexibility index (Phi) is 5.24. The summed E-state index contributed by atoms with van der Waals surface area (Å²) in [5.74, 6) is -0.793. The van der Waals surface area contributed by atoms with Crippen LogP contribution in [0.1, 0.15) is 32.0 Å². The molecule has 0 fully saturated rings. The molecule has 0 aliphatic heterocycles. The molecule has 0 atom stereocenters. The van der Waals surface area contributed by atoms with Gasteiger partial charge in [0.25, 0.3) is 11.8 Å². The molecule has 2 aromatic carbocycles. The van der Waals surface area contributed by atoms with Gasteiger partial charge in [-0.05, 0) is 55.0 Å². The van der Waals surface area contributed by atoms with Gasteiger partial charge in [0.1, 0.15) is 5.69 Å². The van der Waals surface area contributed by atoms with Crippen LogP contribution in [0.15, 0.2) is 66.9 Å². The van der Waals surface area contributed by atoms with E-state index in [1.54, 1.807) is 30.3 Å². The molecule has 0 aliphatic rings. The number of carbonyl (C=O) groups is 2. The minimum Gasteiger partial charge on any atom is -0.322 e. The zero-order valence-corrected chi connectivity index (χ0v) is 14.6. The molecule has 0 spiro atoms. The zero-order chi connectivity index (χ0) is 19.2. The fraction of sp³-hybridized carbons (Fsp3) is 0.0476. The van der Waals surface area contributed by atoms with E-state index < -0.39 is 5.91 Å². The van der Waals surface area contributed by atoms with E-state index in [-0.39, 0.29) is 11.6 Å². The third kappa shape index (κ3) is 4.55. The molecule has 0 aliphatic carbocycles. The van der Waals surface area contributed by atoms with Crippen molar-refractivity contribution in [2.24, 2.45) is 0 Å². The summed E-state index contributed by atoms with van der Waals surface area (Å²) >= 11 is 0. The van der Waals surface area contributed by atoms with Crippen molar-refractivity contribution in [3.63, 3.8) is 0 Å². The van der Waals surface area contributed by atoms with Crippen LogP contribution in [0.2, 0.25) is 0 Å². The van der Waals surface area contributed by atoms with Crippen LogP contribution in [0.4, 0.5) is 11.4 Å². The van der Waals surface area contributed by atoms with Crippen LogP contribution < -0.4 is 10.6 Å². The number of amides is 2. The number of nitriles is 1. The maximum absolute atomic E-state index is 12.4. The summed E-state index contributed by atoms with van der Waals surface area (Å²) in [6.07, 6.45) is 1.41. The third-order valence-electron chi connectivity index (χ3n) is 3.78. The topological polar surface area (TPSA) is 94.9 Å². The van der Waals surface area contributed by atoms with E-state index in [1.807, 2.05) is 31.2 Å². The minimum absolute atomic E-state index is 0.106. The molecule has 1 heterocycles. The Bertz CT molecular complexity index is 1050. The second-order valence-electron chi connectivity index (χ2n) is 5.90. The number of aromatic nitrogens is 1. The van der Waals surface area contributed by atoms with Gasteiger partial charge in [-0.3, -0.25) is 14.6 Å². The van der Waals surface area contributed by atoms with Gasteiger partial charge in [-0.1, -0.05) is 18.2 Å². The van der Waals surface area contributed by atoms with E-state index in [0.29, 0.717) is 22.5 Å². The first-order valence-corrected chi connectivity index (χ1v) is 8.21. The maximum atomic E-state index is 12.4. The van der Waals surface area contributed by atoms with Gasteiger partial charge in [0.05, 0.1) is 11.6 Å². The van der Waals surface area contributed by atoms with Crippen molar-refractivity contribution < 1.29 is 9.59 Å². The summed E-state index contributed by atoms with van der Waals surface area (Å²) in [5.41, 5.74) is 3.05. The summed E-state index contributed by atoms with van der Waals surface area (Å²) in [6, 6.07) is 19.0. The molecule has 2 N–H and O–H groups in total. The van der Waals surface area contributed by atoms with Gasteiger partial charge >= 0.3 is 0 Å². The Morgan fingerprint density at radius 1 is 0.926 bits per heavy atom. The third-order valence-corrected chi connectivity index (χ3v) is 3.78. The van der Waals surface area contributed by atoms with Gasteiger partial charge in [0, 0.05) is 23.1 Å². The largest absolute Gasteiger partial charge is 0.322 e. The van der Waals surface area contributed by atoms with Gasteiger partial charge < -0.3 is 10.6 Å². The van der Waals surface area contributed by atoms with Crippen LogP contribution in [0.5, 0.6) is 0 Å². The molecular formula is C21H16N4O2. The van der Waals surface area contributed by atoms with Crippen LogP contribution in [-0.2, 0) is 0 Å². The Morgan fingerprint density at radius 2 is 1.63 bits per heavy atom. The van der Waals surface area contributed by atoms with E-state index in [0.717, 1.165) is 5.56 Å². The molecule has 0 radical (unpaired) electrons. The maximum Gasteiger partial charge on any atom is 0.274 e. The lowest BCUT2D eigenvalue weighted by atomic mass is 10.1. The van der Waals surface area contributed by atoms with E-state index >= 15 is 0 Å². The molecule has 132 valence electrons. The fourth-order valence-corrected chi connectivity index (χ4v) is 2.48. The Balaban J connectivity index is 1.75. The monoisotopic (exact) mass is 356 g/mol. The second kappa shape index (κ2) is 7.93. The first-order chi connectivity index (χ1) is 13.0. The molecule has 27 heavy (non-hydrogen) atoms. The lowest BCUT2D eigenvalue weighted by Crippen LogP contribution is -2.17. The van der Waals surface area contributed by atoms with Gasteiger partial charge in [0.2, 0.25) is 0 Å². The molecule has 3 rings (SSSR count). The lowest BCUT2D eigenvalue weighted by Gasteiger charge is -2.08. The van der Waals surface area contributed by atoms with Crippen LogP contribution in [-0.4, -0.2) is 16.8 Å². The molecule has 2 amide bonds. The highest BCUT2D eigenvalue weighted by molar-refractivity contribution is 6.07. The molecule has 0 saturated carbocycles. The van der Waals surface area contributed by atoms with Gasteiger partial charge in [0.15, 0.2) is 0 Å². The highest BCUT2D eigenvalue weighted by Gasteiger charge is 2.13. The predicted octanol–water partition coefficient (Wildman–Crippen LogP) is 3.77. The van der Waals surface area contributed by atoms with Crippen molar-refractivity contribution in [2.75, 3.05) is 10.6 Å². The first kappa shape index (κ1) is 17.8. The molecule has 6 heteroatoms. The molecule has 6 nitrogen and oxygen atoms in total. The van der Waals surface area contributed by atoms with E-state index in [2.05, 4.69) is 15.6 Å². The first-order valence-electron chi connectivity index (χ1n) is 8.21. The summed E-state index contributed by atoms with van der Waals surface area (Å²) in [5, 5.41) is 14.4. The highest BCUT2D eigenvalue weighted by atomic mass is 16.2. The number of aryl methyl sites for hydroxylation is 1. The van der Waals surface area contributed by atoms with Crippen LogP contribution in [0.25, 0.3) is 0 Å². The molecule has 0 bridgehead atoms. The standard InChI is InChI=1S/C21H16N4O2/c1-14-4-2-6-17(10-14)24-20(26)16-8-9-23-19(12-16)21(27)25-18-7-3-5-15(11-18)13-22/h2-12H,1H3,(H,24,26)(H,25,27). The van der Waals surface area contributed by atoms with E-state index in [1.165, 1.54) is 18.3 Å². The van der Waals surface area contributed by atoms with Gasteiger partial charge in [-0.15, -0.1) is 0 Å². The second-order valence-corrected chi connectivity index (χ2v) is 5.90. The van der Waals surface area contributed by atoms with Crippen molar-refractivity contribution in [3.05, 3.63) is 89.2 Å². The number of hydrogen-bond donors (Lipinski definition) is 2. The highest BCUT2D eigenvalue weighted by Crippen LogP contribution is 2.14. The summed E-state index contributed by atoms with van der Waals surface area (Å²) in [6.45, 7) is 1.94. The minimum atomic E-state index is -0.463. The molecule has 3 aromatic rings. The molecule has 0 saturated heterocycles. The van der Waals surface area contributed by atoms with Crippen LogP contribution in [0, 0.1) is 18.3 Å². The number of hydrogen-bond acceptors (Lipinski definition) is 4. The average Bonchev–Trinajstić information content (AvgIpc) is 2.68. The predicted molar refractivity (Wildman–Crippen MR) is 102 cm³/mol. The number of nitrogens with zero attached hydrogens (tertiary/aromatic N) is 2. The molecule has 1 aromatic heterocycles. The van der Waals surface area contributed by atoms with Crippen molar-refractivity contribution in [2.45, 2.75) is 6.92 Å². The summed E-state index contributed by atoms with van der Waals surface area (Å²) < 4.78 is 0. The smallest absolute Gasteiger partial charge is 0.274 e.